The van der Waals surface area contributed by atoms with Crippen molar-refractivity contribution in [2.24, 2.45) is 0 Å². The van der Waals surface area contributed by atoms with Gasteiger partial charge in [0.1, 0.15) is 0 Å². The Morgan fingerprint density at radius 1 is 0.280 bits per heavy atom. The Balaban J connectivity index is 1.16. The van der Waals surface area contributed by atoms with E-state index < -0.39 is 0 Å². The summed E-state index contributed by atoms with van der Waals surface area (Å²) in [5, 5.41) is 41.8. The van der Waals surface area contributed by atoms with Crippen LogP contribution in [0, 0.1) is 45.3 Å². The van der Waals surface area contributed by atoms with Crippen molar-refractivity contribution in [2.45, 2.75) is 0 Å². The first-order chi connectivity index (χ1) is 37.0. The fourth-order valence-electron chi connectivity index (χ4n) is 9.45. The third kappa shape index (κ3) is 8.43. The molecule has 0 aliphatic carbocycles. The topological polar surface area (TPSA) is 177 Å². The summed E-state index contributed by atoms with van der Waals surface area (Å²) in [5.41, 5.74) is 11.4. The molecule has 75 heavy (non-hydrogen) atoms. The van der Waals surface area contributed by atoms with Gasteiger partial charge in [0.2, 0.25) is 0 Å². The molecule has 0 saturated carbocycles. The minimum Gasteiger partial charge on any atom is -0.308 e. The van der Waals surface area contributed by atoms with E-state index in [2.05, 4.69) is 41.0 Å². The predicted octanol–water partition coefficient (Wildman–Crippen LogP) is 14.0. The number of hydrogen-bond donors (Lipinski definition) is 0. The van der Waals surface area contributed by atoms with Gasteiger partial charge in [-0.15, -0.1) is 0 Å². The summed E-state index contributed by atoms with van der Waals surface area (Å²) in [7, 11) is 0. The van der Waals surface area contributed by atoms with Crippen molar-refractivity contribution in [1.82, 2.24) is 34.5 Å². The molecule has 12 aromatic rings. The van der Waals surface area contributed by atoms with Crippen molar-refractivity contribution in [3.05, 3.63) is 235 Å². The Kier molecular flexibility index (Phi) is 11.5. The maximum absolute atomic E-state index is 10.3. The second kappa shape index (κ2) is 19.2. The SMILES string of the molecule is N#Cc1ccc(-c2ccc3c(c2)c2cc(-c4ccc(C#N)cc4C#N)ccc2n3-c2ccc(-c3nc(-c4ccccc4)nc(-c4ccccc4)n3)cc2-c2nc(-c3ccccc3)nc(-c3ccccc3)n2)c(C#N)c1. The Morgan fingerprint density at radius 3 is 1.01 bits per heavy atom. The fraction of sp³-hybridized carbons (Fsp3) is 0. The highest BCUT2D eigenvalue weighted by Crippen LogP contribution is 2.42. The van der Waals surface area contributed by atoms with Crippen LogP contribution >= 0.6 is 0 Å². The molecule has 0 atom stereocenters. The van der Waals surface area contributed by atoms with E-state index in [1.165, 1.54) is 0 Å². The molecule has 0 unspecified atom stereocenters. The van der Waals surface area contributed by atoms with Gasteiger partial charge in [0.25, 0.3) is 0 Å². The molecule has 0 amide bonds. The first kappa shape index (κ1) is 44.9. The van der Waals surface area contributed by atoms with Crippen molar-refractivity contribution in [1.29, 1.82) is 21.0 Å². The smallest absolute Gasteiger partial charge is 0.166 e. The van der Waals surface area contributed by atoms with Crippen LogP contribution in [0.1, 0.15) is 22.3 Å². The van der Waals surface area contributed by atoms with Crippen LogP contribution in [0.15, 0.2) is 212 Å². The number of hydrogen-bond acceptors (Lipinski definition) is 10. The van der Waals surface area contributed by atoms with Crippen LogP contribution in [-0.4, -0.2) is 34.5 Å². The molecule has 0 aliphatic heterocycles. The number of nitriles is 4. The van der Waals surface area contributed by atoms with Gasteiger partial charge in [-0.25, -0.2) is 29.9 Å². The van der Waals surface area contributed by atoms with Crippen molar-refractivity contribution in [3.8, 4) is 121 Å². The van der Waals surface area contributed by atoms with Gasteiger partial charge in [0.15, 0.2) is 34.9 Å². The number of benzene rings is 9. The van der Waals surface area contributed by atoms with E-state index in [0.29, 0.717) is 79.5 Å². The van der Waals surface area contributed by atoms with Crippen LogP contribution in [0.2, 0.25) is 0 Å². The van der Waals surface area contributed by atoms with E-state index in [-0.39, 0.29) is 0 Å². The summed E-state index contributed by atoms with van der Waals surface area (Å²) in [6.45, 7) is 0. The average molecular weight is 958 g/mol. The van der Waals surface area contributed by atoms with Crippen LogP contribution in [0.25, 0.3) is 118 Å². The molecule has 11 nitrogen and oxygen atoms in total. The molecule has 0 saturated heterocycles. The molecule has 3 aromatic heterocycles. The third-order valence-electron chi connectivity index (χ3n) is 13.1. The Hall–Kier alpha value is -11.2. The summed E-state index contributed by atoms with van der Waals surface area (Å²) in [6, 6.07) is 76.7. The lowest BCUT2D eigenvalue weighted by Crippen LogP contribution is -2.05. The van der Waals surface area contributed by atoms with Gasteiger partial charge in [0.05, 0.1) is 63.3 Å². The van der Waals surface area contributed by atoms with Crippen LogP contribution < -0.4 is 0 Å². The normalized spacial score (nSPS) is 10.9. The van der Waals surface area contributed by atoms with Crippen molar-refractivity contribution in [2.75, 3.05) is 0 Å². The maximum Gasteiger partial charge on any atom is 0.166 e. The number of nitrogens with zero attached hydrogens (tertiary/aromatic N) is 11. The molecular formula is C64H35N11. The van der Waals surface area contributed by atoms with Crippen molar-refractivity contribution in [3.63, 3.8) is 0 Å². The zero-order valence-corrected chi connectivity index (χ0v) is 39.6. The average Bonchev–Trinajstić information content (AvgIpc) is 3.88. The lowest BCUT2D eigenvalue weighted by atomic mass is 9.95. The molecule has 0 bridgehead atoms. The molecule has 346 valence electrons. The van der Waals surface area contributed by atoms with Crippen molar-refractivity contribution >= 4 is 21.8 Å². The summed E-state index contributed by atoms with van der Waals surface area (Å²) in [6.07, 6.45) is 0. The molecule has 3 heterocycles. The van der Waals surface area contributed by atoms with Crippen LogP contribution in [0.5, 0.6) is 0 Å². The van der Waals surface area contributed by atoms with Crippen LogP contribution in [0.4, 0.5) is 0 Å². The highest BCUT2D eigenvalue weighted by molar-refractivity contribution is 6.12. The molecule has 0 fully saturated rings. The van der Waals surface area contributed by atoms with Gasteiger partial charge < -0.3 is 4.57 Å². The van der Waals surface area contributed by atoms with E-state index in [1.54, 1.807) is 36.4 Å². The minimum absolute atomic E-state index is 0.370. The Morgan fingerprint density at radius 2 is 0.640 bits per heavy atom. The maximum atomic E-state index is 10.3. The summed E-state index contributed by atoms with van der Waals surface area (Å²) >= 11 is 0. The quantitative estimate of drug-likeness (QED) is 0.135. The van der Waals surface area contributed by atoms with E-state index in [4.69, 9.17) is 29.9 Å². The Bertz CT molecular complexity index is 4140. The molecule has 0 N–H and O–H groups in total. The summed E-state index contributed by atoms with van der Waals surface area (Å²) in [5.74, 6) is 2.84. The number of aromatic nitrogens is 7. The minimum atomic E-state index is 0.370. The number of rotatable bonds is 9. The van der Waals surface area contributed by atoms with Gasteiger partial charge in [-0.1, -0.05) is 146 Å². The van der Waals surface area contributed by atoms with Crippen molar-refractivity contribution < 1.29 is 0 Å². The van der Waals surface area contributed by atoms with Crippen LogP contribution in [-0.2, 0) is 0 Å². The van der Waals surface area contributed by atoms with Gasteiger partial charge >= 0.3 is 0 Å². The molecule has 9 aromatic carbocycles. The highest BCUT2D eigenvalue weighted by atomic mass is 15.1. The van der Waals surface area contributed by atoms with Gasteiger partial charge in [-0.3, -0.25) is 0 Å². The lowest BCUT2D eigenvalue weighted by molar-refractivity contribution is 1.06. The van der Waals surface area contributed by atoms with Gasteiger partial charge in [-0.2, -0.15) is 21.0 Å². The van der Waals surface area contributed by atoms with E-state index in [9.17, 15) is 21.0 Å². The van der Waals surface area contributed by atoms with Crippen LogP contribution in [0.3, 0.4) is 0 Å². The van der Waals surface area contributed by atoms with E-state index in [0.717, 1.165) is 60.9 Å². The third-order valence-corrected chi connectivity index (χ3v) is 13.1. The largest absolute Gasteiger partial charge is 0.308 e. The predicted molar refractivity (Wildman–Crippen MR) is 290 cm³/mol. The molecule has 0 spiro atoms. The molecule has 12 rings (SSSR count). The van der Waals surface area contributed by atoms with Gasteiger partial charge in [0, 0.05) is 44.2 Å². The summed E-state index contributed by atoms with van der Waals surface area (Å²) < 4.78 is 2.18. The second-order valence-corrected chi connectivity index (χ2v) is 17.6. The molecular weight excluding hydrogens is 923 g/mol. The monoisotopic (exact) mass is 957 g/mol. The highest BCUT2D eigenvalue weighted by Gasteiger charge is 2.23. The van der Waals surface area contributed by atoms with Gasteiger partial charge in [-0.05, 0) is 89.0 Å². The zero-order valence-electron chi connectivity index (χ0n) is 39.6. The summed E-state index contributed by atoms with van der Waals surface area (Å²) in [4.78, 5) is 30.8. The van der Waals surface area contributed by atoms with E-state index in [1.807, 2.05) is 164 Å². The molecule has 0 radical (unpaired) electrons. The second-order valence-electron chi connectivity index (χ2n) is 17.6. The standard InChI is InChI=1S/C64H35N11/c65-36-40-21-26-51(49(31-40)38-67)46-23-28-56-53(33-46)54-34-47(52-27-22-41(37-66)32-50(52)39-68)24-29-57(54)75(56)58-30-25-48(63-71-59(42-13-5-1-6-14-42)69-60(72-63)43-15-7-2-8-16-43)35-55(58)64-73-61(44-17-9-3-10-18-44)70-62(74-64)45-19-11-4-12-20-45/h1-35H. The lowest BCUT2D eigenvalue weighted by Gasteiger charge is -2.16. The van der Waals surface area contributed by atoms with E-state index >= 15 is 0 Å². The molecule has 0 aliphatic rings. The molecule has 11 heteroatoms. The zero-order chi connectivity index (χ0) is 50.8. The fourth-order valence-corrected chi connectivity index (χ4v) is 9.45. The number of fused-ring (bicyclic) bond motifs is 3. The Labute approximate surface area is 430 Å². The first-order valence-electron chi connectivity index (χ1n) is 23.8. The first-order valence-corrected chi connectivity index (χ1v) is 23.8.